The number of hydrogen-bond donors (Lipinski definition) is 0. The summed E-state index contributed by atoms with van der Waals surface area (Å²) in [6.45, 7) is 0. The maximum absolute atomic E-state index is 12.3. The number of amides is 2. The van der Waals surface area contributed by atoms with Crippen LogP contribution in [0.3, 0.4) is 0 Å². The largest absolute Gasteiger partial charge is 0.495 e. The van der Waals surface area contributed by atoms with Crippen LogP contribution in [0.15, 0.2) is 47.4 Å². The van der Waals surface area contributed by atoms with Crippen LogP contribution in [0.2, 0.25) is 0 Å². The van der Waals surface area contributed by atoms with Crippen molar-refractivity contribution in [2.75, 3.05) is 13.4 Å². The van der Waals surface area contributed by atoms with E-state index in [4.69, 9.17) is 9.57 Å². The first kappa shape index (κ1) is 17.6. The van der Waals surface area contributed by atoms with Crippen molar-refractivity contribution in [1.82, 2.24) is 5.06 Å². The molecular formula is C17H13NO7S. The quantitative estimate of drug-likeness (QED) is 0.745. The number of hydrogen-bond acceptors (Lipinski definition) is 7. The van der Waals surface area contributed by atoms with Gasteiger partial charge in [-0.1, -0.05) is 17.2 Å². The van der Waals surface area contributed by atoms with Crippen LogP contribution in [-0.2, 0) is 14.7 Å². The standard InChI is InChI=1S/C17H13NO7S/c1-24-13-8-7-10(9-14(13)26(2,22)23)17(21)25-18-15(19)11-5-3-4-6-12(11)16(18)20/h3-9H,1-2H3. The third-order valence-electron chi connectivity index (χ3n) is 3.73. The SMILES string of the molecule is COc1ccc(C(=O)ON2C(=O)c3ccccc3C2=O)cc1S(C)(=O)=O. The number of carbonyl (C=O) groups is 3. The van der Waals surface area contributed by atoms with E-state index >= 15 is 0 Å². The normalized spacial score (nSPS) is 13.5. The fourth-order valence-corrected chi connectivity index (χ4v) is 3.34. The fourth-order valence-electron chi connectivity index (χ4n) is 2.48. The molecule has 9 heteroatoms. The van der Waals surface area contributed by atoms with Gasteiger partial charge in [0.25, 0.3) is 11.8 Å². The highest BCUT2D eigenvalue weighted by atomic mass is 32.2. The Labute approximate surface area is 148 Å². The van der Waals surface area contributed by atoms with E-state index in [1.807, 2.05) is 0 Å². The number of hydroxylamine groups is 2. The number of sulfone groups is 1. The molecule has 0 aromatic heterocycles. The van der Waals surface area contributed by atoms with Crippen molar-refractivity contribution >= 4 is 27.6 Å². The van der Waals surface area contributed by atoms with Crippen molar-refractivity contribution in [2.45, 2.75) is 4.90 Å². The molecule has 0 saturated carbocycles. The van der Waals surface area contributed by atoms with Crippen molar-refractivity contribution in [2.24, 2.45) is 0 Å². The van der Waals surface area contributed by atoms with Gasteiger partial charge in [-0.3, -0.25) is 9.59 Å². The second-order valence-electron chi connectivity index (χ2n) is 5.47. The minimum absolute atomic E-state index is 0.0600. The summed E-state index contributed by atoms with van der Waals surface area (Å²) >= 11 is 0. The number of methoxy groups -OCH3 is 1. The molecule has 134 valence electrons. The number of imide groups is 1. The Bertz CT molecular complexity index is 1010. The van der Waals surface area contributed by atoms with E-state index in [2.05, 4.69) is 0 Å². The molecule has 2 aromatic rings. The van der Waals surface area contributed by atoms with E-state index in [0.29, 0.717) is 5.06 Å². The average Bonchev–Trinajstić information content (AvgIpc) is 2.85. The third-order valence-corrected chi connectivity index (χ3v) is 4.85. The molecule has 0 bridgehead atoms. The Morgan fingerprint density at radius 2 is 1.58 bits per heavy atom. The van der Waals surface area contributed by atoms with Crippen molar-refractivity contribution in [1.29, 1.82) is 0 Å². The molecule has 0 fully saturated rings. The predicted octanol–water partition coefficient (Wildman–Crippen LogP) is 1.47. The Morgan fingerprint density at radius 3 is 2.08 bits per heavy atom. The lowest BCUT2D eigenvalue weighted by Gasteiger charge is -2.13. The molecular weight excluding hydrogens is 362 g/mol. The van der Waals surface area contributed by atoms with Gasteiger partial charge in [-0.2, -0.15) is 0 Å². The first-order valence-electron chi connectivity index (χ1n) is 7.32. The first-order chi connectivity index (χ1) is 12.2. The van der Waals surface area contributed by atoms with Crippen LogP contribution < -0.4 is 4.74 Å². The van der Waals surface area contributed by atoms with E-state index in [1.54, 1.807) is 12.1 Å². The van der Waals surface area contributed by atoms with E-state index in [0.717, 1.165) is 12.3 Å². The molecule has 0 aliphatic carbocycles. The van der Waals surface area contributed by atoms with E-state index in [1.165, 1.54) is 31.4 Å². The van der Waals surface area contributed by atoms with Crippen LogP contribution in [-0.4, -0.2) is 44.6 Å². The Morgan fingerprint density at radius 1 is 1.00 bits per heavy atom. The number of benzene rings is 2. The lowest BCUT2D eigenvalue weighted by atomic mass is 10.1. The zero-order valence-electron chi connectivity index (χ0n) is 13.8. The van der Waals surface area contributed by atoms with Gasteiger partial charge < -0.3 is 9.57 Å². The smallest absolute Gasteiger partial charge is 0.363 e. The minimum atomic E-state index is -3.67. The highest BCUT2D eigenvalue weighted by Gasteiger charge is 2.38. The topological polar surface area (TPSA) is 107 Å². The van der Waals surface area contributed by atoms with E-state index in [9.17, 15) is 22.8 Å². The van der Waals surface area contributed by atoms with Gasteiger partial charge in [0.05, 0.1) is 23.8 Å². The van der Waals surface area contributed by atoms with Crippen molar-refractivity contribution in [3.63, 3.8) is 0 Å². The maximum atomic E-state index is 12.3. The second-order valence-corrected chi connectivity index (χ2v) is 7.45. The summed E-state index contributed by atoms with van der Waals surface area (Å²) in [6, 6.07) is 9.67. The van der Waals surface area contributed by atoms with Crippen LogP contribution in [0.25, 0.3) is 0 Å². The van der Waals surface area contributed by atoms with Crippen LogP contribution >= 0.6 is 0 Å². The molecule has 0 atom stereocenters. The van der Waals surface area contributed by atoms with Crippen LogP contribution in [0.4, 0.5) is 0 Å². The van der Waals surface area contributed by atoms with Crippen molar-refractivity contribution in [3.8, 4) is 5.75 Å². The summed E-state index contributed by atoms with van der Waals surface area (Å²) < 4.78 is 28.6. The summed E-state index contributed by atoms with van der Waals surface area (Å²) in [7, 11) is -2.38. The summed E-state index contributed by atoms with van der Waals surface area (Å²) in [4.78, 5) is 41.4. The lowest BCUT2D eigenvalue weighted by Crippen LogP contribution is -2.32. The third kappa shape index (κ3) is 2.93. The highest BCUT2D eigenvalue weighted by Crippen LogP contribution is 2.27. The molecule has 0 unspecified atom stereocenters. The summed E-state index contributed by atoms with van der Waals surface area (Å²) in [5.74, 6) is -2.52. The van der Waals surface area contributed by atoms with Gasteiger partial charge in [0.2, 0.25) is 0 Å². The van der Waals surface area contributed by atoms with E-state index in [-0.39, 0.29) is 27.3 Å². The summed E-state index contributed by atoms with van der Waals surface area (Å²) in [5.41, 5.74) is 0.0940. The number of fused-ring (bicyclic) bond motifs is 1. The van der Waals surface area contributed by atoms with Gasteiger partial charge >= 0.3 is 5.97 Å². The molecule has 0 saturated heterocycles. The molecule has 8 nitrogen and oxygen atoms in total. The zero-order chi connectivity index (χ0) is 19.1. The molecule has 2 amide bonds. The Kier molecular flexibility index (Phi) is 4.25. The molecule has 0 radical (unpaired) electrons. The summed E-state index contributed by atoms with van der Waals surface area (Å²) in [6.07, 6.45) is 0.962. The van der Waals surface area contributed by atoms with Gasteiger partial charge in [0.1, 0.15) is 10.6 Å². The zero-order valence-corrected chi connectivity index (χ0v) is 14.6. The maximum Gasteiger partial charge on any atom is 0.363 e. The van der Waals surface area contributed by atoms with Gasteiger partial charge in [0, 0.05) is 6.26 Å². The summed E-state index contributed by atoms with van der Waals surface area (Å²) in [5, 5.41) is 0.358. The van der Waals surface area contributed by atoms with E-state index < -0.39 is 27.6 Å². The van der Waals surface area contributed by atoms with Gasteiger partial charge in [-0.25, -0.2) is 13.2 Å². The molecule has 3 rings (SSSR count). The first-order valence-corrected chi connectivity index (χ1v) is 9.21. The van der Waals surface area contributed by atoms with Gasteiger partial charge in [0.15, 0.2) is 9.84 Å². The molecule has 2 aromatic carbocycles. The number of nitrogens with zero attached hydrogens (tertiary/aromatic N) is 1. The number of rotatable bonds is 4. The lowest BCUT2D eigenvalue weighted by molar-refractivity contribution is -0.0584. The fraction of sp³-hybridized carbons (Fsp3) is 0.118. The van der Waals surface area contributed by atoms with Crippen LogP contribution in [0.5, 0.6) is 5.75 Å². The molecule has 1 aliphatic heterocycles. The van der Waals surface area contributed by atoms with Gasteiger partial charge in [-0.15, -0.1) is 0 Å². The Hall–Kier alpha value is -3.20. The molecule has 0 spiro atoms. The number of ether oxygens (including phenoxy) is 1. The van der Waals surface area contributed by atoms with Crippen LogP contribution in [0, 0.1) is 0 Å². The van der Waals surface area contributed by atoms with Gasteiger partial charge in [-0.05, 0) is 30.3 Å². The molecule has 1 heterocycles. The highest BCUT2D eigenvalue weighted by molar-refractivity contribution is 7.90. The average molecular weight is 375 g/mol. The Balaban J connectivity index is 1.90. The molecule has 0 N–H and O–H groups in total. The second kappa shape index (κ2) is 6.26. The molecule has 26 heavy (non-hydrogen) atoms. The minimum Gasteiger partial charge on any atom is -0.495 e. The molecule has 1 aliphatic rings. The predicted molar refractivity (Wildman–Crippen MR) is 88.5 cm³/mol. The van der Waals surface area contributed by atoms with Crippen LogP contribution in [0.1, 0.15) is 31.1 Å². The van der Waals surface area contributed by atoms with Crippen molar-refractivity contribution in [3.05, 3.63) is 59.2 Å². The monoisotopic (exact) mass is 375 g/mol. The number of carbonyl (C=O) groups excluding carboxylic acids is 3. The van der Waals surface area contributed by atoms with Crippen molar-refractivity contribution < 1.29 is 32.4 Å².